The molecule has 3 rings (SSSR count). The van der Waals surface area contributed by atoms with Gasteiger partial charge in [-0.15, -0.1) is 11.3 Å². The lowest BCUT2D eigenvalue weighted by Crippen LogP contribution is -2.25. The first-order valence-corrected chi connectivity index (χ1v) is 9.77. The molecule has 0 fully saturated rings. The molecule has 1 unspecified atom stereocenters. The predicted molar refractivity (Wildman–Crippen MR) is 106 cm³/mol. The zero-order chi connectivity index (χ0) is 18.2. The summed E-state index contributed by atoms with van der Waals surface area (Å²) in [7, 11) is 0. The topological polar surface area (TPSA) is 54.9 Å². The van der Waals surface area contributed by atoms with E-state index in [4.69, 9.17) is 0 Å². The SMILES string of the molecule is CC(CCNC(=O)CCc1csc(-c2cccnc2)n1)c1ccccc1. The van der Waals surface area contributed by atoms with Crippen LogP contribution in [-0.2, 0) is 11.2 Å². The Labute approximate surface area is 158 Å². The molecule has 5 heteroatoms. The molecule has 0 bridgehead atoms. The van der Waals surface area contributed by atoms with Crippen LogP contribution in [0.25, 0.3) is 10.6 Å². The second kappa shape index (κ2) is 9.25. The zero-order valence-corrected chi connectivity index (χ0v) is 15.7. The number of carbonyl (C=O) groups is 1. The summed E-state index contributed by atoms with van der Waals surface area (Å²) in [6, 6.07) is 14.3. The van der Waals surface area contributed by atoms with Crippen LogP contribution in [0.4, 0.5) is 0 Å². The summed E-state index contributed by atoms with van der Waals surface area (Å²) in [4.78, 5) is 20.8. The molecule has 0 spiro atoms. The molecule has 0 aliphatic heterocycles. The van der Waals surface area contributed by atoms with Crippen molar-refractivity contribution >= 4 is 17.2 Å². The molecule has 4 nitrogen and oxygen atoms in total. The highest BCUT2D eigenvalue weighted by atomic mass is 32.1. The Morgan fingerprint density at radius 3 is 2.81 bits per heavy atom. The molecule has 0 saturated heterocycles. The van der Waals surface area contributed by atoms with Gasteiger partial charge in [-0.1, -0.05) is 37.3 Å². The van der Waals surface area contributed by atoms with Crippen molar-refractivity contribution in [2.75, 3.05) is 6.54 Å². The quantitative estimate of drug-likeness (QED) is 0.642. The van der Waals surface area contributed by atoms with Gasteiger partial charge in [0.1, 0.15) is 5.01 Å². The summed E-state index contributed by atoms with van der Waals surface area (Å²) in [5, 5.41) is 5.99. The fraction of sp³-hybridized carbons (Fsp3) is 0.286. The maximum atomic E-state index is 12.1. The lowest BCUT2D eigenvalue weighted by molar-refractivity contribution is -0.121. The van der Waals surface area contributed by atoms with Crippen LogP contribution in [-0.4, -0.2) is 22.4 Å². The van der Waals surface area contributed by atoms with Crippen LogP contribution >= 0.6 is 11.3 Å². The number of benzene rings is 1. The number of carbonyl (C=O) groups excluding carboxylic acids is 1. The van der Waals surface area contributed by atoms with E-state index in [0.717, 1.165) is 22.7 Å². The fourth-order valence-electron chi connectivity index (χ4n) is 2.75. The number of aromatic nitrogens is 2. The van der Waals surface area contributed by atoms with Crippen molar-refractivity contribution in [1.29, 1.82) is 0 Å². The highest BCUT2D eigenvalue weighted by Crippen LogP contribution is 2.23. The third kappa shape index (κ3) is 5.23. The van der Waals surface area contributed by atoms with Gasteiger partial charge in [-0.25, -0.2) is 4.98 Å². The van der Waals surface area contributed by atoms with E-state index in [1.165, 1.54) is 5.56 Å². The first-order chi connectivity index (χ1) is 12.7. The van der Waals surface area contributed by atoms with Crippen LogP contribution in [0.1, 0.15) is 36.9 Å². The molecular formula is C21H23N3OS. The molecule has 1 amide bonds. The van der Waals surface area contributed by atoms with E-state index in [9.17, 15) is 4.79 Å². The number of hydrogen-bond acceptors (Lipinski definition) is 4. The molecule has 1 N–H and O–H groups in total. The number of aryl methyl sites for hydroxylation is 1. The van der Waals surface area contributed by atoms with E-state index in [2.05, 4.69) is 46.5 Å². The first kappa shape index (κ1) is 18.3. The largest absolute Gasteiger partial charge is 0.356 e. The van der Waals surface area contributed by atoms with Gasteiger partial charge in [0.15, 0.2) is 0 Å². The van der Waals surface area contributed by atoms with E-state index >= 15 is 0 Å². The first-order valence-electron chi connectivity index (χ1n) is 8.89. The average Bonchev–Trinajstić information content (AvgIpc) is 3.17. The van der Waals surface area contributed by atoms with E-state index in [1.54, 1.807) is 17.5 Å². The van der Waals surface area contributed by atoms with E-state index in [0.29, 0.717) is 25.3 Å². The van der Waals surface area contributed by atoms with Crippen molar-refractivity contribution in [3.63, 3.8) is 0 Å². The van der Waals surface area contributed by atoms with E-state index < -0.39 is 0 Å². The van der Waals surface area contributed by atoms with Crippen molar-refractivity contribution in [3.8, 4) is 10.6 Å². The maximum absolute atomic E-state index is 12.1. The smallest absolute Gasteiger partial charge is 0.220 e. The molecule has 2 aromatic heterocycles. The van der Waals surface area contributed by atoms with Crippen LogP contribution in [0.2, 0.25) is 0 Å². The lowest BCUT2D eigenvalue weighted by atomic mass is 9.98. The molecular weight excluding hydrogens is 342 g/mol. The van der Waals surface area contributed by atoms with Gasteiger partial charge in [0.05, 0.1) is 5.69 Å². The second-order valence-corrected chi connectivity index (χ2v) is 7.19. The molecule has 0 aliphatic rings. The summed E-state index contributed by atoms with van der Waals surface area (Å²) in [5.41, 5.74) is 3.29. The molecule has 0 aliphatic carbocycles. The summed E-state index contributed by atoms with van der Waals surface area (Å²) in [6.07, 6.45) is 5.63. The zero-order valence-electron chi connectivity index (χ0n) is 14.9. The Hall–Kier alpha value is -2.53. The number of nitrogens with one attached hydrogen (secondary N) is 1. The molecule has 0 radical (unpaired) electrons. The molecule has 26 heavy (non-hydrogen) atoms. The summed E-state index contributed by atoms with van der Waals surface area (Å²) in [5.74, 6) is 0.526. The number of nitrogens with zero attached hydrogens (tertiary/aromatic N) is 2. The van der Waals surface area contributed by atoms with Crippen LogP contribution in [0.3, 0.4) is 0 Å². The van der Waals surface area contributed by atoms with Crippen molar-refractivity contribution in [2.24, 2.45) is 0 Å². The lowest BCUT2D eigenvalue weighted by Gasteiger charge is -2.12. The minimum absolute atomic E-state index is 0.0844. The number of thiazole rings is 1. The number of rotatable bonds is 8. The third-order valence-electron chi connectivity index (χ3n) is 4.34. The molecule has 2 heterocycles. The van der Waals surface area contributed by atoms with Crippen LogP contribution in [0, 0.1) is 0 Å². The van der Waals surface area contributed by atoms with Gasteiger partial charge in [-0.3, -0.25) is 9.78 Å². The molecule has 3 aromatic rings. The monoisotopic (exact) mass is 365 g/mol. The van der Waals surface area contributed by atoms with Gasteiger partial charge in [0, 0.05) is 36.3 Å². The normalized spacial score (nSPS) is 11.9. The van der Waals surface area contributed by atoms with E-state index in [-0.39, 0.29) is 5.91 Å². The number of hydrogen-bond donors (Lipinski definition) is 1. The Kier molecular flexibility index (Phi) is 6.50. The van der Waals surface area contributed by atoms with Gasteiger partial charge < -0.3 is 5.32 Å². The van der Waals surface area contributed by atoms with Crippen molar-refractivity contribution in [3.05, 3.63) is 71.5 Å². The van der Waals surface area contributed by atoms with Gasteiger partial charge in [0.25, 0.3) is 0 Å². The minimum atomic E-state index is 0.0844. The Morgan fingerprint density at radius 2 is 2.04 bits per heavy atom. The highest BCUT2D eigenvalue weighted by Gasteiger charge is 2.09. The van der Waals surface area contributed by atoms with Gasteiger partial charge in [0.2, 0.25) is 5.91 Å². The van der Waals surface area contributed by atoms with Crippen molar-refractivity contribution in [1.82, 2.24) is 15.3 Å². The average molecular weight is 366 g/mol. The van der Waals surface area contributed by atoms with Gasteiger partial charge >= 0.3 is 0 Å². The standard InChI is InChI=1S/C21H23N3OS/c1-16(17-6-3-2-4-7-17)11-13-23-20(25)10-9-19-15-26-21(24-19)18-8-5-12-22-14-18/h2-8,12,14-16H,9-11,13H2,1H3,(H,23,25). The third-order valence-corrected chi connectivity index (χ3v) is 5.28. The number of pyridine rings is 1. The second-order valence-electron chi connectivity index (χ2n) is 6.34. The summed E-state index contributed by atoms with van der Waals surface area (Å²) < 4.78 is 0. The Balaban J connectivity index is 1.40. The van der Waals surface area contributed by atoms with Gasteiger partial charge in [-0.2, -0.15) is 0 Å². The molecule has 134 valence electrons. The minimum Gasteiger partial charge on any atom is -0.356 e. The fourth-order valence-corrected chi connectivity index (χ4v) is 3.59. The summed E-state index contributed by atoms with van der Waals surface area (Å²) in [6.45, 7) is 2.89. The van der Waals surface area contributed by atoms with Crippen molar-refractivity contribution in [2.45, 2.75) is 32.1 Å². The number of amides is 1. The highest BCUT2D eigenvalue weighted by molar-refractivity contribution is 7.13. The Bertz CT molecular complexity index is 818. The van der Waals surface area contributed by atoms with Crippen LogP contribution in [0.15, 0.2) is 60.2 Å². The molecule has 1 atom stereocenters. The molecule has 0 saturated carbocycles. The van der Waals surface area contributed by atoms with Crippen LogP contribution in [0.5, 0.6) is 0 Å². The molecule has 1 aromatic carbocycles. The Morgan fingerprint density at radius 1 is 1.19 bits per heavy atom. The van der Waals surface area contributed by atoms with Gasteiger partial charge in [-0.05, 0) is 36.5 Å². The summed E-state index contributed by atoms with van der Waals surface area (Å²) >= 11 is 1.59. The maximum Gasteiger partial charge on any atom is 0.220 e. The van der Waals surface area contributed by atoms with Crippen molar-refractivity contribution < 1.29 is 4.79 Å². The predicted octanol–water partition coefficient (Wildman–Crippen LogP) is 4.45. The van der Waals surface area contributed by atoms with E-state index in [1.807, 2.05) is 29.8 Å². The van der Waals surface area contributed by atoms with Crippen LogP contribution < -0.4 is 5.32 Å².